The van der Waals surface area contributed by atoms with Crippen molar-refractivity contribution in [2.75, 3.05) is 14.2 Å². The highest BCUT2D eigenvalue weighted by Gasteiger charge is 2.27. The minimum Gasteiger partial charge on any atom is -0.506 e. The molecule has 0 unspecified atom stereocenters. The number of esters is 1. The number of hydrogen-bond donors (Lipinski definition) is 1. The zero-order valence-corrected chi connectivity index (χ0v) is 13.9. The van der Waals surface area contributed by atoms with Gasteiger partial charge in [0.15, 0.2) is 11.5 Å². The van der Waals surface area contributed by atoms with E-state index in [0.29, 0.717) is 22.8 Å². The molecule has 2 aromatic carbocycles. The molecule has 0 aromatic heterocycles. The Morgan fingerprint density at radius 2 is 1.68 bits per heavy atom. The number of rotatable bonds is 4. The number of carbonyl (C=O) groups excluding carboxylic acids is 1. The van der Waals surface area contributed by atoms with Crippen molar-refractivity contribution in [3.05, 3.63) is 45.9 Å². The van der Waals surface area contributed by atoms with Gasteiger partial charge in [-0.3, -0.25) is 0 Å². The van der Waals surface area contributed by atoms with Gasteiger partial charge in [0.25, 0.3) is 0 Å². The Morgan fingerprint density at radius 3 is 2.23 bits per heavy atom. The minimum absolute atomic E-state index is 0.0216. The van der Waals surface area contributed by atoms with Gasteiger partial charge < -0.3 is 19.3 Å². The maximum absolute atomic E-state index is 12.4. The molecule has 0 radical (unpaired) electrons. The SMILES string of the molecule is COc1c(C)c(C(=O)Oc2ccccc2)c(O)c(Br)c1OC. The highest BCUT2D eigenvalue weighted by Crippen LogP contribution is 2.46. The van der Waals surface area contributed by atoms with E-state index in [9.17, 15) is 9.90 Å². The van der Waals surface area contributed by atoms with Crippen molar-refractivity contribution in [1.82, 2.24) is 0 Å². The van der Waals surface area contributed by atoms with Gasteiger partial charge in [0, 0.05) is 5.56 Å². The summed E-state index contributed by atoms with van der Waals surface area (Å²) in [4.78, 5) is 12.4. The summed E-state index contributed by atoms with van der Waals surface area (Å²) in [6.45, 7) is 1.65. The Bertz CT molecular complexity index is 698. The van der Waals surface area contributed by atoms with Crippen LogP contribution in [-0.4, -0.2) is 25.3 Å². The van der Waals surface area contributed by atoms with E-state index in [0.717, 1.165) is 0 Å². The van der Waals surface area contributed by atoms with Gasteiger partial charge in [0.2, 0.25) is 0 Å². The van der Waals surface area contributed by atoms with Crippen molar-refractivity contribution in [2.45, 2.75) is 6.92 Å². The number of carbonyl (C=O) groups is 1. The Kier molecular flexibility index (Phi) is 4.92. The Morgan fingerprint density at radius 1 is 1.09 bits per heavy atom. The number of hydrogen-bond acceptors (Lipinski definition) is 5. The molecule has 1 N–H and O–H groups in total. The van der Waals surface area contributed by atoms with Gasteiger partial charge in [-0.05, 0) is 35.0 Å². The number of aromatic hydroxyl groups is 1. The maximum Gasteiger partial charge on any atom is 0.347 e. The summed E-state index contributed by atoms with van der Waals surface area (Å²) < 4.78 is 16.0. The average molecular weight is 367 g/mol. The van der Waals surface area contributed by atoms with E-state index in [1.165, 1.54) is 14.2 Å². The molecule has 6 heteroatoms. The van der Waals surface area contributed by atoms with Crippen LogP contribution in [0.1, 0.15) is 15.9 Å². The van der Waals surface area contributed by atoms with E-state index in [1.807, 2.05) is 6.07 Å². The van der Waals surface area contributed by atoms with Crippen molar-refractivity contribution < 1.29 is 24.1 Å². The summed E-state index contributed by atoms with van der Waals surface area (Å²) in [7, 11) is 2.91. The van der Waals surface area contributed by atoms with E-state index in [-0.39, 0.29) is 15.8 Å². The van der Waals surface area contributed by atoms with E-state index in [4.69, 9.17) is 14.2 Å². The molecule has 0 aliphatic heterocycles. The van der Waals surface area contributed by atoms with Crippen molar-refractivity contribution in [1.29, 1.82) is 0 Å². The van der Waals surface area contributed by atoms with Gasteiger partial charge in [-0.15, -0.1) is 0 Å². The first-order valence-corrected chi connectivity index (χ1v) is 7.20. The smallest absolute Gasteiger partial charge is 0.347 e. The Labute approximate surface area is 136 Å². The van der Waals surface area contributed by atoms with Crippen molar-refractivity contribution in [3.8, 4) is 23.0 Å². The lowest BCUT2D eigenvalue weighted by molar-refractivity contribution is 0.0730. The molecule has 2 aromatic rings. The first kappa shape index (κ1) is 16.2. The van der Waals surface area contributed by atoms with Crippen LogP contribution in [0.25, 0.3) is 0 Å². The van der Waals surface area contributed by atoms with E-state index < -0.39 is 5.97 Å². The fourth-order valence-electron chi connectivity index (χ4n) is 2.10. The van der Waals surface area contributed by atoms with Gasteiger partial charge in [-0.2, -0.15) is 0 Å². The fourth-order valence-corrected chi connectivity index (χ4v) is 2.64. The molecule has 0 bridgehead atoms. The van der Waals surface area contributed by atoms with Crippen LogP contribution < -0.4 is 14.2 Å². The normalized spacial score (nSPS) is 10.2. The van der Waals surface area contributed by atoms with Gasteiger partial charge in [-0.25, -0.2) is 4.79 Å². The lowest BCUT2D eigenvalue weighted by Crippen LogP contribution is -2.12. The molecule has 0 atom stereocenters. The van der Waals surface area contributed by atoms with Crippen molar-refractivity contribution in [3.63, 3.8) is 0 Å². The van der Waals surface area contributed by atoms with Crippen LogP contribution >= 0.6 is 15.9 Å². The zero-order valence-electron chi connectivity index (χ0n) is 12.3. The van der Waals surface area contributed by atoms with E-state index in [2.05, 4.69) is 15.9 Å². The molecule has 2 rings (SSSR count). The monoisotopic (exact) mass is 366 g/mol. The summed E-state index contributed by atoms with van der Waals surface area (Å²) in [5, 5.41) is 10.3. The largest absolute Gasteiger partial charge is 0.506 e. The van der Waals surface area contributed by atoms with Crippen LogP contribution in [0.15, 0.2) is 34.8 Å². The first-order chi connectivity index (χ1) is 10.5. The summed E-state index contributed by atoms with van der Waals surface area (Å²) in [6.07, 6.45) is 0. The quantitative estimate of drug-likeness (QED) is 0.660. The molecule has 0 saturated carbocycles. The molecule has 0 spiro atoms. The summed E-state index contributed by atoms with van der Waals surface area (Å²) >= 11 is 3.21. The van der Waals surface area contributed by atoms with E-state index >= 15 is 0 Å². The molecule has 116 valence electrons. The second-order valence-corrected chi connectivity index (χ2v) is 5.22. The molecular formula is C16H15BrO5. The second kappa shape index (κ2) is 6.70. The molecular weight excluding hydrogens is 352 g/mol. The van der Waals surface area contributed by atoms with Crippen molar-refractivity contribution >= 4 is 21.9 Å². The van der Waals surface area contributed by atoms with Crippen LogP contribution in [0, 0.1) is 6.92 Å². The molecule has 0 saturated heterocycles. The predicted molar refractivity (Wildman–Crippen MR) is 85.0 cm³/mol. The minimum atomic E-state index is -0.678. The van der Waals surface area contributed by atoms with Gasteiger partial charge in [0.1, 0.15) is 21.5 Å². The third-order valence-electron chi connectivity index (χ3n) is 3.13. The zero-order chi connectivity index (χ0) is 16.3. The number of para-hydroxylation sites is 1. The maximum atomic E-state index is 12.4. The molecule has 0 heterocycles. The molecule has 0 fully saturated rings. The van der Waals surface area contributed by atoms with Crippen LogP contribution in [-0.2, 0) is 0 Å². The number of ether oxygens (including phenoxy) is 3. The topological polar surface area (TPSA) is 65.0 Å². The van der Waals surface area contributed by atoms with Gasteiger partial charge >= 0.3 is 5.97 Å². The standard InChI is InChI=1S/C16H15BrO5/c1-9-11(16(19)22-10-7-5-4-6-8-10)13(18)12(17)15(21-3)14(9)20-2/h4-8,18H,1-3H3. The third kappa shape index (κ3) is 2.87. The third-order valence-corrected chi connectivity index (χ3v) is 3.87. The van der Waals surface area contributed by atoms with Crippen LogP contribution in [0.5, 0.6) is 23.0 Å². The number of phenols is 1. The molecule has 5 nitrogen and oxygen atoms in total. The highest BCUT2D eigenvalue weighted by molar-refractivity contribution is 9.10. The lowest BCUT2D eigenvalue weighted by Gasteiger charge is -2.17. The number of phenolic OH excluding ortho intramolecular Hbond substituents is 1. The van der Waals surface area contributed by atoms with Crippen LogP contribution in [0.4, 0.5) is 0 Å². The van der Waals surface area contributed by atoms with Crippen LogP contribution in [0.3, 0.4) is 0 Å². The lowest BCUT2D eigenvalue weighted by atomic mass is 10.1. The Balaban J connectivity index is 2.51. The summed E-state index contributed by atoms with van der Waals surface area (Å²) in [5.41, 5.74) is 0.453. The number of halogens is 1. The first-order valence-electron chi connectivity index (χ1n) is 6.41. The van der Waals surface area contributed by atoms with Crippen LogP contribution in [0.2, 0.25) is 0 Å². The number of benzene rings is 2. The average Bonchev–Trinajstić information content (AvgIpc) is 2.51. The predicted octanol–water partition coefficient (Wildman–Crippen LogP) is 3.70. The summed E-state index contributed by atoms with van der Waals surface area (Å²) in [5.74, 6) is 0.122. The molecule has 22 heavy (non-hydrogen) atoms. The molecule has 0 amide bonds. The molecule has 0 aliphatic carbocycles. The van der Waals surface area contributed by atoms with Gasteiger partial charge in [0.05, 0.1) is 14.2 Å². The highest BCUT2D eigenvalue weighted by atomic mass is 79.9. The van der Waals surface area contributed by atoms with Gasteiger partial charge in [-0.1, -0.05) is 18.2 Å². The molecule has 0 aliphatic rings. The number of methoxy groups -OCH3 is 2. The summed E-state index contributed by atoms with van der Waals surface area (Å²) in [6, 6.07) is 8.62. The van der Waals surface area contributed by atoms with Crippen molar-refractivity contribution in [2.24, 2.45) is 0 Å². The van der Waals surface area contributed by atoms with E-state index in [1.54, 1.807) is 31.2 Å². The fraction of sp³-hybridized carbons (Fsp3) is 0.188. The second-order valence-electron chi connectivity index (χ2n) is 4.43. The Hall–Kier alpha value is -2.21.